The molecule has 2 aliphatic rings. The van der Waals surface area contributed by atoms with Crippen molar-refractivity contribution in [3.8, 4) is 0 Å². The number of anilines is 1. The van der Waals surface area contributed by atoms with Gasteiger partial charge in [0.15, 0.2) is 0 Å². The van der Waals surface area contributed by atoms with E-state index in [2.05, 4.69) is 47.4 Å². The number of rotatable bonds is 3. The third-order valence-corrected chi connectivity index (χ3v) is 4.49. The second-order valence-corrected chi connectivity index (χ2v) is 6.16. The highest BCUT2D eigenvalue weighted by atomic mass is 15.2. The van der Waals surface area contributed by atoms with Crippen LogP contribution in [-0.2, 0) is 13.0 Å². The summed E-state index contributed by atoms with van der Waals surface area (Å²) in [6.07, 6.45) is 3.80. The molecule has 0 saturated carbocycles. The van der Waals surface area contributed by atoms with E-state index in [4.69, 9.17) is 0 Å². The zero-order valence-corrected chi connectivity index (χ0v) is 12.2. The van der Waals surface area contributed by atoms with Gasteiger partial charge in [-0.05, 0) is 50.6 Å². The number of nitrogens with zero attached hydrogens (tertiary/aromatic N) is 2. The van der Waals surface area contributed by atoms with Crippen molar-refractivity contribution < 1.29 is 0 Å². The van der Waals surface area contributed by atoms with Crippen LogP contribution >= 0.6 is 0 Å². The van der Waals surface area contributed by atoms with Crippen LogP contribution in [0, 0.1) is 0 Å². The Labute approximate surface area is 116 Å². The molecule has 3 rings (SSSR count). The average molecular weight is 259 g/mol. The van der Waals surface area contributed by atoms with Crippen LogP contribution in [0.5, 0.6) is 0 Å². The minimum atomic E-state index is 0.735. The summed E-state index contributed by atoms with van der Waals surface area (Å²) in [5.74, 6) is 0. The summed E-state index contributed by atoms with van der Waals surface area (Å²) in [4.78, 5) is 4.94. The zero-order valence-electron chi connectivity index (χ0n) is 12.2. The number of fused-ring (bicyclic) bond motifs is 1. The molecule has 1 atom stereocenters. The molecule has 1 unspecified atom stereocenters. The van der Waals surface area contributed by atoms with Crippen molar-refractivity contribution in [2.24, 2.45) is 0 Å². The van der Waals surface area contributed by atoms with E-state index >= 15 is 0 Å². The fraction of sp³-hybridized carbons (Fsp3) is 0.625. The van der Waals surface area contributed by atoms with E-state index in [1.807, 2.05) is 0 Å². The summed E-state index contributed by atoms with van der Waals surface area (Å²) in [6.45, 7) is 4.68. The SMILES string of the molecule is CN(C)C1CCN(Cc2ccc3c(c2)CCCN3)C1. The van der Waals surface area contributed by atoms with Crippen molar-refractivity contribution in [1.82, 2.24) is 9.80 Å². The fourth-order valence-electron chi connectivity index (χ4n) is 3.26. The van der Waals surface area contributed by atoms with Gasteiger partial charge in [-0.3, -0.25) is 4.90 Å². The number of hydrogen-bond acceptors (Lipinski definition) is 3. The fourth-order valence-corrected chi connectivity index (χ4v) is 3.26. The standard InChI is InChI=1S/C16H25N3/c1-18(2)15-7-9-19(12-15)11-13-5-6-16-14(10-13)4-3-8-17-16/h5-6,10,15,17H,3-4,7-9,11-12H2,1-2H3. The molecule has 0 amide bonds. The number of nitrogens with one attached hydrogen (secondary N) is 1. The molecule has 0 radical (unpaired) electrons. The maximum atomic E-state index is 3.49. The minimum absolute atomic E-state index is 0.735. The van der Waals surface area contributed by atoms with E-state index < -0.39 is 0 Å². The Bertz CT molecular complexity index is 442. The van der Waals surface area contributed by atoms with Gasteiger partial charge in [-0.1, -0.05) is 12.1 Å². The Morgan fingerprint density at radius 1 is 1.37 bits per heavy atom. The molecule has 1 aromatic rings. The van der Waals surface area contributed by atoms with E-state index in [0.717, 1.165) is 19.1 Å². The Hall–Kier alpha value is -1.06. The van der Waals surface area contributed by atoms with Crippen LogP contribution in [-0.4, -0.2) is 49.6 Å². The zero-order chi connectivity index (χ0) is 13.2. The molecule has 2 heterocycles. The van der Waals surface area contributed by atoms with Crippen LogP contribution in [0.15, 0.2) is 18.2 Å². The lowest BCUT2D eigenvalue weighted by Crippen LogP contribution is -2.31. The normalized spacial score (nSPS) is 23.4. The first-order chi connectivity index (χ1) is 9.22. The van der Waals surface area contributed by atoms with Crippen LogP contribution < -0.4 is 5.32 Å². The second-order valence-electron chi connectivity index (χ2n) is 6.16. The van der Waals surface area contributed by atoms with Crippen LogP contribution in [0.1, 0.15) is 24.0 Å². The van der Waals surface area contributed by atoms with Gasteiger partial charge >= 0.3 is 0 Å². The van der Waals surface area contributed by atoms with Gasteiger partial charge in [0.1, 0.15) is 0 Å². The maximum absolute atomic E-state index is 3.49. The topological polar surface area (TPSA) is 18.5 Å². The van der Waals surface area contributed by atoms with Crippen molar-refractivity contribution in [1.29, 1.82) is 0 Å². The lowest BCUT2D eigenvalue weighted by atomic mass is 10.0. The van der Waals surface area contributed by atoms with Crippen molar-refractivity contribution in [2.75, 3.05) is 39.0 Å². The molecule has 0 bridgehead atoms. The van der Waals surface area contributed by atoms with Crippen molar-refractivity contribution in [3.63, 3.8) is 0 Å². The van der Waals surface area contributed by atoms with Gasteiger partial charge in [0.25, 0.3) is 0 Å². The average Bonchev–Trinajstić information content (AvgIpc) is 2.87. The molecular weight excluding hydrogens is 234 g/mol. The quantitative estimate of drug-likeness (QED) is 0.897. The number of likely N-dealkylation sites (N-methyl/N-ethyl adjacent to an activating group) is 1. The number of aryl methyl sites for hydroxylation is 1. The summed E-state index contributed by atoms with van der Waals surface area (Å²) in [7, 11) is 4.39. The Kier molecular flexibility index (Phi) is 3.76. The summed E-state index contributed by atoms with van der Waals surface area (Å²) in [5.41, 5.74) is 4.33. The Morgan fingerprint density at radius 3 is 3.05 bits per heavy atom. The van der Waals surface area contributed by atoms with Gasteiger partial charge in [-0.25, -0.2) is 0 Å². The second kappa shape index (κ2) is 5.51. The Balaban J connectivity index is 1.64. The molecule has 3 heteroatoms. The molecule has 2 aliphatic heterocycles. The third-order valence-electron chi connectivity index (χ3n) is 4.49. The first-order valence-corrected chi connectivity index (χ1v) is 7.47. The molecule has 1 fully saturated rings. The predicted octanol–water partition coefficient (Wildman–Crippen LogP) is 2.18. The van der Waals surface area contributed by atoms with Gasteiger partial charge in [0.2, 0.25) is 0 Å². The monoisotopic (exact) mass is 259 g/mol. The van der Waals surface area contributed by atoms with Crippen LogP contribution in [0.3, 0.4) is 0 Å². The lowest BCUT2D eigenvalue weighted by Gasteiger charge is -2.22. The number of benzene rings is 1. The van der Waals surface area contributed by atoms with Crippen LogP contribution in [0.4, 0.5) is 5.69 Å². The van der Waals surface area contributed by atoms with Gasteiger partial charge in [-0.15, -0.1) is 0 Å². The Morgan fingerprint density at radius 2 is 2.26 bits per heavy atom. The van der Waals surface area contributed by atoms with Gasteiger partial charge in [-0.2, -0.15) is 0 Å². The highest BCUT2D eigenvalue weighted by molar-refractivity contribution is 5.54. The lowest BCUT2D eigenvalue weighted by molar-refractivity contribution is 0.264. The van der Waals surface area contributed by atoms with Crippen molar-refractivity contribution in [2.45, 2.75) is 31.8 Å². The third kappa shape index (κ3) is 2.93. The highest BCUT2D eigenvalue weighted by Crippen LogP contribution is 2.24. The van der Waals surface area contributed by atoms with E-state index in [9.17, 15) is 0 Å². The maximum Gasteiger partial charge on any atom is 0.0372 e. The molecule has 19 heavy (non-hydrogen) atoms. The molecule has 104 valence electrons. The summed E-state index contributed by atoms with van der Waals surface area (Å²) in [5, 5.41) is 3.49. The number of likely N-dealkylation sites (tertiary alicyclic amines) is 1. The molecule has 1 saturated heterocycles. The first-order valence-electron chi connectivity index (χ1n) is 7.47. The van der Waals surface area contributed by atoms with Crippen LogP contribution in [0.25, 0.3) is 0 Å². The van der Waals surface area contributed by atoms with E-state index in [0.29, 0.717) is 0 Å². The molecule has 1 N–H and O–H groups in total. The predicted molar refractivity (Wildman–Crippen MR) is 80.6 cm³/mol. The van der Waals surface area contributed by atoms with Gasteiger partial charge in [0, 0.05) is 37.9 Å². The summed E-state index contributed by atoms with van der Waals surface area (Å²) >= 11 is 0. The molecule has 0 aliphatic carbocycles. The molecule has 0 spiro atoms. The summed E-state index contributed by atoms with van der Waals surface area (Å²) < 4.78 is 0. The smallest absolute Gasteiger partial charge is 0.0372 e. The van der Waals surface area contributed by atoms with Gasteiger partial charge in [0.05, 0.1) is 0 Å². The van der Waals surface area contributed by atoms with Gasteiger partial charge < -0.3 is 10.2 Å². The molecular formula is C16H25N3. The highest BCUT2D eigenvalue weighted by Gasteiger charge is 2.23. The van der Waals surface area contributed by atoms with E-state index in [1.54, 1.807) is 0 Å². The largest absolute Gasteiger partial charge is 0.385 e. The van der Waals surface area contributed by atoms with Crippen molar-refractivity contribution in [3.05, 3.63) is 29.3 Å². The van der Waals surface area contributed by atoms with Crippen LogP contribution in [0.2, 0.25) is 0 Å². The van der Waals surface area contributed by atoms with E-state index in [-0.39, 0.29) is 0 Å². The first kappa shape index (κ1) is 12.9. The number of hydrogen-bond donors (Lipinski definition) is 1. The molecule has 3 nitrogen and oxygen atoms in total. The summed E-state index contributed by atoms with van der Waals surface area (Å²) in [6, 6.07) is 7.70. The molecule has 1 aromatic carbocycles. The van der Waals surface area contributed by atoms with E-state index in [1.165, 1.54) is 49.2 Å². The van der Waals surface area contributed by atoms with Crippen molar-refractivity contribution >= 4 is 5.69 Å². The minimum Gasteiger partial charge on any atom is -0.385 e. The molecule has 0 aromatic heterocycles.